The van der Waals surface area contributed by atoms with Gasteiger partial charge in [-0.25, -0.2) is 0 Å². The first-order valence-electron chi connectivity index (χ1n) is 7.33. The highest BCUT2D eigenvalue weighted by Crippen LogP contribution is 2.48. The van der Waals surface area contributed by atoms with Crippen LogP contribution in [0, 0.1) is 16.7 Å². The lowest BCUT2D eigenvalue weighted by Gasteiger charge is -2.17. The van der Waals surface area contributed by atoms with Gasteiger partial charge < -0.3 is 10.4 Å². The number of nitrogens with zero attached hydrogens (tertiary/aromatic N) is 3. The van der Waals surface area contributed by atoms with Crippen LogP contribution in [-0.4, -0.2) is 28.5 Å². The molecule has 0 saturated heterocycles. The normalized spacial score (nSPS) is 15.7. The molecule has 20 heavy (non-hydrogen) atoms. The Morgan fingerprint density at radius 1 is 1.30 bits per heavy atom. The van der Waals surface area contributed by atoms with Gasteiger partial charge in [-0.2, -0.15) is 10.4 Å². The molecule has 1 fully saturated rings. The van der Waals surface area contributed by atoms with Gasteiger partial charge in [0, 0.05) is 13.2 Å². The van der Waals surface area contributed by atoms with Crippen LogP contribution < -0.4 is 5.32 Å². The quantitative estimate of drug-likeness (QED) is 0.795. The lowest BCUT2D eigenvalue weighted by atomic mass is 10.0. The lowest BCUT2D eigenvalue weighted by Crippen LogP contribution is -2.19. The Hall–Kier alpha value is -1.67. The highest BCUT2D eigenvalue weighted by atomic mass is 16.3. The van der Waals surface area contributed by atoms with Crippen LogP contribution in [0.4, 0.5) is 5.82 Å². The second-order valence-corrected chi connectivity index (χ2v) is 5.49. The fourth-order valence-corrected chi connectivity index (χ4v) is 2.62. The molecule has 0 aliphatic heterocycles. The second kappa shape index (κ2) is 6.19. The molecule has 5 nitrogen and oxygen atoms in total. The van der Waals surface area contributed by atoms with Crippen molar-refractivity contribution in [3.05, 3.63) is 16.8 Å². The molecule has 1 aromatic heterocycles. The fourth-order valence-electron chi connectivity index (χ4n) is 2.62. The zero-order chi connectivity index (χ0) is 14.6. The first kappa shape index (κ1) is 14.7. The molecule has 1 saturated carbocycles. The van der Waals surface area contributed by atoms with Crippen LogP contribution >= 0.6 is 0 Å². The van der Waals surface area contributed by atoms with Gasteiger partial charge in [0.15, 0.2) is 5.82 Å². The van der Waals surface area contributed by atoms with Crippen LogP contribution in [0.3, 0.4) is 0 Å². The predicted molar refractivity (Wildman–Crippen MR) is 77.4 cm³/mol. The summed E-state index contributed by atoms with van der Waals surface area (Å²) in [5, 5.41) is 30.2. The molecule has 0 unspecified atom stereocenters. The maximum absolute atomic E-state index is 9.40. The highest BCUT2D eigenvalue weighted by molar-refractivity contribution is 5.56. The van der Waals surface area contributed by atoms with Gasteiger partial charge in [0.25, 0.3) is 0 Å². The molecule has 1 heterocycles. The van der Waals surface area contributed by atoms with E-state index in [1.165, 1.54) is 0 Å². The standard InChI is InChI=1S/C15H22N4O/c1-3-11-12(9-16)14(19-18-13(11)4-2)17-10-15(5-6-15)7-8-20/h20H,3-8,10H2,1-2H3,(H,17,19). The van der Waals surface area contributed by atoms with E-state index in [4.69, 9.17) is 5.11 Å². The van der Waals surface area contributed by atoms with Crippen molar-refractivity contribution in [2.24, 2.45) is 5.41 Å². The van der Waals surface area contributed by atoms with E-state index in [0.717, 1.165) is 49.9 Å². The SMILES string of the molecule is CCc1nnc(NCC2(CCO)CC2)c(C#N)c1CC. The highest BCUT2D eigenvalue weighted by Gasteiger charge is 2.41. The van der Waals surface area contributed by atoms with Crippen LogP contribution in [0.5, 0.6) is 0 Å². The van der Waals surface area contributed by atoms with Gasteiger partial charge in [0.1, 0.15) is 11.6 Å². The number of hydrogen-bond acceptors (Lipinski definition) is 5. The Balaban J connectivity index is 2.18. The van der Waals surface area contributed by atoms with Crippen LogP contribution in [0.25, 0.3) is 0 Å². The Labute approximate surface area is 120 Å². The van der Waals surface area contributed by atoms with Gasteiger partial charge in [0.2, 0.25) is 0 Å². The van der Waals surface area contributed by atoms with Crippen molar-refractivity contribution in [1.29, 1.82) is 5.26 Å². The number of anilines is 1. The van der Waals surface area contributed by atoms with E-state index in [1.807, 2.05) is 13.8 Å². The van der Waals surface area contributed by atoms with Gasteiger partial charge in [-0.05, 0) is 43.1 Å². The van der Waals surface area contributed by atoms with Gasteiger partial charge in [0.05, 0.1) is 5.69 Å². The van der Waals surface area contributed by atoms with Gasteiger partial charge in [-0.1, -0.05) is 13.8 Å². The molecule has 0 bridgehead atoms. The topological polar surface area (TPSA) is 81.8 Å². The van der Waals surface area contributed by atoms with E-state index in [0.29, 0.717) is 11.4 Å². The number of aromatic nitrogens is 2. The van der Waals surface area contributed by atoms with Crippen LogP contribution in [0.2, 0.25) is 0 Å². The third-order valence-corrected chi connectivity index (χ3v) is 4.19. The van der Waals surface area contributed by atoms with Crippen molar-refractivity contribution in [1.82, 2.24) is 10.2 Å². The van der Waals surface area contributed by atoms with E-state index in [1.54, 1.807) is 0 Å². The maximum atomic E-state index is 9.40. The van der Waals surface area contributed by atoms with Gasteiger partial charge >= 0.3 is 0 Å². The summed E-state index contributed by atoms with van der Waals surface area (Å²) in [4.78, 5) is 0. The van der Waals surface area contributed by atoms with Crippen molar-refractivity contribution in [2.75, 3.05) is 18.5 Å². The number of aryl methyl sites for hydroxylation is 1. The molecule has 0 radical (unpaired) electrons. The number of rotatable bonds is 7. The lowest BCUT2D eigenvalue weighted by molar-refractivity contribution is 0.253. The maximum Gasteiger partial charge on any atom is 0.166 e. The minimum atomic E-state index is 0.193. The zero-order valence-corrected chi connectivity index (χ0v) is 12.2. The van der Waals surface area contributed by atoms with E-state index in [9.17, 15) is 5.26 Å². The smallest absolute Gasteiger partial charge is 0.166 e. The van der Waals surface area contributed by atoms with Crippen molar-refractivity contribution in [3.63, 3.8) is 0 Å². The summed E-state index contributed by atoms with van der Waals surface area (Å²) in [7, 11) is 0. The Morgan fingerprint density at radius 3 is 2.55 bits per heavy atom. The molecule has 1 aromatic rings. The number of aliphatic hydroxyl groups excluding tert-OH is 1. The molecule has 0 aromatic carbocycles. The summed E-state index contributed by atoms with van der Waals surface area (Å²) < 4.78 is 0. The Bertz CT molecular complexity index is 517. The summed E-state index contributed by atoms with van der Waals surface area (Å²) in [6.45, 7) is 5.03. The summed E-state index contributed by atoms with van der Waals surface area (Å²) in [5.74, 6) is 0.589. The molecule has 5 heteroatoms. The summed E-state index contributed by atoms with van der Waals surface area (Å²) in [6, 6.07) is 2.26. The zero-order valence-electron chi connectivity index (χ0n) is 12.2. The summed E-state index contributed by atoms with van der Waals surface area (Å²) in [5.41, 5.74) is 2.73. The molecule has 0 spiro atoms. The molecule has 108 valence electrons. The summed E-state index contributed by atoms with van der Waals surface area (Å²) >= 11 is 0. The monoisotopic (exact) mass is 274 g/mol. The third kappa shape index (κ3) is 2.91. The molecule has 0 amide bonds. The van der Waals surface area contributed by atoms with E-state index in [2.05, 4.69) is 21.6 Å². The molecular formula is C15H22N4O. The number of hydrogen-bond donors (Lipinski definition) is 2. The average Bonchev–Trinajstić information content (AvgIpc) is 3.24. The van der Waals surface area contributed by atoms with Crippen molar-refractivity contribution in [2.45, 2.75) is 46.0 Å². The number of aliphatic hydroxyl groups is 1. The predicted octanol–water partition coefficient (Wildman–Crippen LogP) is 2.05. The second-order valence-electron chi connectivity index (χ2n) is 5.49. The van der Waals surface area contributed by atoms with Crippen molar-refractivity contribution >= 4 is 5.82 Å². The number of nitriles is 1. The molecule has 1 aliphatic rings. The fraction of sp³-hybridized carbons (Fsp3) is 0.667. The minimum absolute atomic E-state index is 0.193. The Morgan fingerprint density at radius 2 is 2.05 bits per heavy atom. The van der Waals surface area contributed by atoms with Gasteiger partial charge in [-0.3, -0.25) is 0 Å². The van der Waals surface area contributed by atoms with E-state index >= 15 is 0 Å². The van der Waals surface area contributed by atoms with E-state index in [-0.39, 0.29) is 12.0 Å². The molecule has 2 N–H and O–H groups in total. The third-order valence-electron chi connectivity index (χ3n) is 4.19. The van der Waals surface area contributed by atoms with Crippen molar-refractivity contribution < 1.29 is 5.11 Å². The first-order chi connectivity index (χ1) is 9.69. The molecule has 0 atom stereocenters. The molecular weight excluding hydrogens is 252 g/mol. The summed E-state index contributed by atoms with van der Waals surface area (Å²) in [6.07, 6.45) is 4.65. The Kier molecular flexibility index (Phi) is 4.56. The molecule has 1 aliphatic carbocycles. The number of nitrogens with one attached hydrogen (secondary N) is 1. The largest absolute Gasteiger partial charge is 0.396 e. The van der Waals surface area contributed by atoms with Crippen LogP contribution in [0.1, 0.15) is 49.9 Å². The van der Waals surface area contributed by atoms with Crippen molar-refractivity contribution in [3.8, 4) is 6.07 Å². The van der Waals surface area contributed by atoms with Crippen LogP contribution in [-0.2, 0) is 12.8 Å². The van der Waals surface area contributed by atoms with E-state index < -0.39 is 0 Å². The molecule has 2 rings (SSSR count). The first-order valence-corrected chi connectivity index (χ1v) is 7.33. The van der Waals surface area contributed by atoms with Crippen LogP contribution in [0.15, 0.2) is 0 Å². The minimum Gasteiger partial charge on any atom is -0.396 e. The average molecular weight is 274 g/mol. The van der Waals surface area contributed by atoms with Gasteiger partial charge in [-0.15, -0.1) is 5.10 Å².